The maximum absolute atomic E-state index is 5.90. The Bertz CT molecular complexity index is 172. The molecular weight excluding hydrogens is 264 g/mol. The van der Waals surface area contributed by atoms with Crippen molar-refractivity contribution in [2.24, 2.45) is 11.3 Å². The largest absolute Gasteiger partial charge is 0.381 e. The van der Waals surface area contributed by atoms with Crippen molar-refractivity contribution in [3.63, 3.8) is 0 Å². The first-order valence-electron chi connectivity index (χ1n) is 6.82. The molecule has 1 fully saturated rings. The van der Waals surface area contributed by atoms with Gasteiger partial charge in [0.05, 0.1) is 6.61 Å². The molecule has 0 aromatic rings. The van der Waals surface area contributed by atoms with Gasteiger partial charge in [0.1, 0.15) is 0 Å². The number of ether oxygens (including phenoxy) is 1. The molecule has 0 N–H and O–H groups in total. The summed E-state index contributed by atoms with van der Waals surface area (Å²) in [5.41, 5.74) is 0.438. The molecule has 16 heavy (non-hydrogen) atoms. The second kappa shape index (κ2) is 7.71. The average Bonchev–Trinajstić information content (AvgIpc) is 2.50. The van der Waals surface area contributed by atoms with Crippen LogP contribution in [0.5, 0.6) is 0 Å². The van der Waals surface area contributed by atoms with Crippen LogP contribution in [-0.2, 0) is 4.74 Å². The van der Waals surface area contributed by atoms with Gasteiger partial charge in [-0.2, -0.15) is 0 Å². The first-order valence-corrected chi connectivity index (χ1v) is 7.94. The number of rotatable bonds is 6. The molecule has 0 saturated heterocycles. The highest BCUT2D eigenvalue weighted by Gasteiger charge is 2.29. The van der Waals surface area contributed by atoms with Gasteiger partial charge >= 0.3 is 0 Å². The Morgan fingerprint density at radius 3 is 2.25 bits per heavy atom. The second-order valence-corrected chi connectivity index (χ2v) is 6.34. The van der Waals surface area contributed by atoms with Gasteiger partial charge < -0.3 is 4.74 Å². The van der Waals surface area contributed by atoms with Crippen molar-refractivity contribution in [3.8, 4) is 0 Å². The van der Waals surface area contributed by atoms with Gasteiger partial charge in [0, 0.05) is 17.4 Å². The van der Waals surface area contributed by atoms with Gasteiger partial charge in [-0.05, 0) is 25.2 Å². The lowest BCUT2D eigenvalue weighted by atomic mass is 9.83. The van der Waals surface area contributed by atoms with Gasteiger partial charge in [0.25, 0.3) is 0 Å². The van der Waals surface area contributed by atoms with E-state index in [1.807, 2.05) is 0 Å². The van der Waals surface area contributed by atoms with E-state index in [1.54, 1.807) is 0 Å². The Balaban J connectivity index is 2.28. The molecule has 1 saturated carbocycles. The molecule has 1 aliphatic carbocycles. The highest BCUT2D eigenvalue weighted by atomic mass is 79.9. The van der Waals surface area contributed by atoms with Gasteiger partial charge in [-0.25, -0.2) is 0 Å². The minimum absolute atomic E-state index is 0.438. The molecule has 1 nitrogen and oxygen atoms in total. The van der Waals surface area contributed by atoms with Gasteiger partial charge in [0.15, 0.2) is 0 Å². The fourth-order valence-corrected chi connectivity index (χ4v) is 3.13. The molecular formula is C14H27BrO. The fraction of sp³-hybridized carbons (Fsp3) is 1.00. The van der Waals surface area contributed by atoms with Crippen molar-refractivity contribution in [2.75, 3.05) is 18.5 Å². The highest BCUT2D eigenvalue weighted by Crippen LogP contribution is 2.36. The molecule has 1 rings (SSSR count). The molecule has 0 aromatic heterocycles. The lowest BCUT2D eigenvalue weighted by Crippen LogP contribution is -2.28. The third-order valence-electron chi connectivity index (χ3n) is 3.70. The normalized spacial score (nSPS) is 21.0. The lowest BCUT2D eigenvalue weighted by Gasteiger charge is -2.30. The molecule has 0 unspecified atom stereocenters. The van der Waals surface area contributed by atoms with E-state index in [-0.39, 0.29) is 0 Å². The molecule has 96 valence electrons. The summed E-state index contributed by atoms with van der Waals surface area (Å²) in [4.78, 5) is 0. The van der Waals surface area contributed by atoms with Crippen LogP contribution in [0.2, 0.25) is 0 Å². The predicted octanol–water partition coefficient (Wildman–Crippen LogP) is 4.78. The van der Waals surface area contributed by atoms with Gasteiger partial charge in [-0.15, -0.1) is 0 Å². The summed E-state index contributed by atoms with van der Waals surface area (Å²) in [5.74, 6) is 0.758. The van der Waals surface area contributed by atoms with E-state index in [0.29, 0.717) is 5.41 Å². The first-order chi connectivity index (χ1) is 7.68. The summed E-state index contributed by atoms with van der Waals surface area (Å²) in [6, 6.07) is 0. The first kappa shape index (κ1) is 14.5. The number of halogens is 1. The summed E-state index contributed by atoms with van der Waals surface area (Å²) < 4.78 is 5.90. The topological polar surface area (TPSA) is 9.23 Å². The zero-order valence-corrected chi connectivity index (χ0v) is 12.5. The van der Waals surface area contributed by atoms with Crippen LogP contribution in [0.25, 0.3) is 0 Å². The average molecular weight is 291 g/mol. The number of hydrogen-bond acceptors (Lipinski definition) is 1. The van der Waals surface area contributed by atoms with Crippen LogP contribution < -0.4 is 0 Å². The molecule has 0 radical (unpaired) electrons. The minimum Gasteiger partial charge on any atom is -0.381 e. The van der Waals surface area contributed by atoms with Crippen molar-refractivity contribution >= 4 is 15.9 Å². The molecule has 1 aliphatic rings. The highest BCUT2D eigenvalue weighted by molar-refractivity contribution is 9.09. The SMILES string of the molecule is CC(C)CCOCC1(CBr)CCCCCC1. The van der Waals surface area contributed by atoms with Crippen LogP contribution in [0, 0.1) is 11.3 Å². The van der Waals surface area contributed by atoms with E-state index < -0.39 is 0 Å². The van der Waals surface area contributed by atoms with E-state index in [4.69, 9.17) is 4.74 Å². The summed E-state index contributed by atoms with van der Waals surface area (Å²) >= 11 is 3.70. The zero-order valence-electron chi connectivity index (χ0n) is 10.9. The van der Waals surface area contributed by atoms with Crippen molar-refractivity contribution in [2.45, 2.75) is 58.8 Å². The molecule has 0 bridgehead atoms. The van der Waals surface area contributed by atoms with Gasteiger partial charge in [-0.1, -0.05) is 55.5 Å². The monoisotopic (exact) mass is 290 g/mol. The van der Waals surface area contributed by atoms with Crippen LogP contribution in [0.1, 0.15) is 58.8 Å². The zero-order chi connectivity index (χ0) is 11.9. The molecule has 0 atom stereocenters. The summed E-state index contributed by atoms with van der Waals surface area (Å²) in [5, 5.41) is 1.11. The smallest absolute Gasteiger partial charge is 0.0530 e. The van der Waals surface area contributed by atoms with Crippen LogP contribution >= 0.6 is 15.9 Å². The van der Waals surface area contributed by atoms with Gasteiger partial charge in [0.2, 0.25) is 0 Å². The third kappa shape index (κ3) is 5.18. The van der Waals surface area contributed by atoms with Crippen molar-refractivity contribution < 1.29 is 4.74 Å². The molecule has 0 aromatic carbocycles. The van der Waals surface area contributed by atoms with E-state index in [0.717, 1.165) is 24.5 Å². The second-order valence-electron chi connectivity index (χ2n) is 5.78. The number of hydrogen-bond donors (Lipinski definition) is 0. The lowest BCUT2D eigenvalue weighted by molar-refractivity contribution is 0.0423. The quantitative estimate of drug-likeness (QED) is 0.388. The molecule has 0 spiro atoms. The third-order valence-corrected chi connectivity index (χ3v) is 4.88. The van der Waals surface area contributed by atoms with Crippen LogP contribution in [0.4, 0.5) is 0 Å². The van der Waals surface area contributed by atoms with Crippen molar-refractivity contribution in [3.05, 3.63) is 0 Å². The Morgan fingerprint density at radius 1 is 1.12 bits per heavy atom. The van der Waals surface area contributed by atoms with E-state index >= 15 is 0 Å². The van der Waals surface area contributed by atoms with Crippen LogP contribution in [-0.4, -0.2) is 18.5 Å². The number of alkyl halides is 1. The predicted molar refractivity (Wildman–Crippen MR) is 74.2 cm³/mol. The molecule has 2 heteroatoms. The van der Waals surface area contributed by atoms with Crippen molar-refractivity contribution in [1.82, 2.24) is 0 Å². The Kier molecular flexibility index (Phi) is 6.98. The van der Waals surface area contributed by atoms with Gasteiger partial charge in [-0.3, -0.25) is 0 Å². The van der Waals surface area contributed by atoms with E-state index in [2.05, 4.69) is 29.8 Å². The van der Waals surface area contributed by atoms with E-state index in [9.17, 15) is 0 Å². The van der Waals surface area contributed by atoms with E-state index in [1.165, 1.54) is 44.9 Å². The minimum atomic E-state index is 0.438. The standard InChI is InChI=1S/C14H27BrO/c1-13(2)7-10-16-12-14(11-15)8-5-3-4-6-9-14/h13H,3-12H2,1-2H3. The van der Waals surface area contributed by atoms with Crippen molar-refractivity contribution in [1.29, 1.82) is 0 Å². The molecule has 0 heterocycles. The summed E-state index contributed by atoms with van der Waals surface area (Å²) in [6.45, 7) is 6.42. The fourth-order valence-electron chi connectivity index (χ4n) is 2.40. The Morgan fingerprint density at radius 2 is 1.75 bits per heavy atom. The maximum atomic E-state index is 5.90. The molecule has 0 aliphatic heterocycles. The summed E-state index contributed by atoms with van der Waals surface area (Å²) in [7, 11) is 0. The molecule has 0 amide bonds. The maximum Gasteiger partial charge on any atom is 0.0530 e. The van der Waals surface area contributed by atoms with Crippen LogP contribution in [0.15, 0.2) is 0 Å². The Labute approximate surface area is 109 Å². The van der Waals surface area contributed by atoms with Crippen LogP contribution in [0.3, 0.4) is 0 Å². The summed E-state index contributed by atoms with van der Waals surface area (Å²) in [6.07, 6.45) is 9.50. The Hall–Kier alpha value is 0.440.